The minimum absolute atomic E-state index is 0.141. The number of carboxylic acids is 1. The van der Waals surface area contributed by atoms with Crippen LogP contribution in [0.3, 0.4) is 0 Å². The number of benzene rings is 1. The maximum atomic E-state index is 10.3. The van der Waals surface area contributed by atoms with Crippen LogP contribution in [0.15, 0.2) is 18.2 Å². The van der Waals surface area contributed by atoms with Gasteiger partial charge in [-0.2, -0.15) is 0 Å². The number of hydrogen-bond acceptors (Lipinski definition) is 2. The predicted octanol–water partition coefficient (Wildman–Crippen LogP) is 2.11. The molecule has 0 saturated carbocycles. The molecule has 0 atom stereocenters. The van der Waals surface area contributed by atoms with Crippen LogP contribution >= 0.6 is 0 Å². The molecule has 1 rings (SSSR count). The van der Waals surface area contributed by atoms with E-state index in [1.54, 1.807) is 13.0 Å². The van der Waals surface area contributed by atoms with Gasteiger partial charge in [-0.3, -0.25) is 0 Å². The number of aromatic hydroxyl groups is 1. The average Bonchev–Trinajstić information content (AvgIpc) is 2.11. The fraction of sp³-hybridized carbons (Fsp3) is 0.182. The Hall–Kier alpha value is -1.77. The van der Waals surface area contributed by atoms with Crippen LogP contribution in [0.2, 0.25) is 0 Å². The number of hydrogen-bond donors (Lipinski definition) is 2. The van der Waals surface area contributed by atoms with E-state index >= 15 is 0 Å². The van der Waals surface area contributed by atoms with E-state index in [4.69, 9.17) is 5.11 Å². The van der Waals surface area contributed by atoms with Crippen molar-refractivity contribution < 1.29 is 15.0 Å². The van der Waals surface area contributed by atoms with Gasteiger partial charge in [-0.1, -0.05) is 12.1 Å². The topological polar surface area (TPSA) is 57.5 Å². The molecule has 74 valence electrons. The first kappa shape index (κ1) is 10.3. The van der Waals surface area contributed by atoms with Gasteiger partial charge in [0.25, 0.3) is 0 Å². The first-order valence-electron chi connectivity index (χ1n) is 4.22. The van der Waals surface area contributed by atoms with Crippen LogP contribution in [-0.2, 0) is 4.79 Å². The molecule has 0 bridgehead atoms. The Bertz CT molecular complexity index is 392. The van der Waals surface area contributed by atoms with Crippen LogP contribution in [-0.4, -0.2) is 16.2 Å². The molecule has 0 heterocycles. The summed E-state index contributed by atoms with van der Waals surface area (Å²) < 4.78 is 0. The summed E-state index contributed by atoms with van der Waals surface area (Å²) in [6.45, 7) is 3.59. The van der Waals surface area contributed by atoms with E-state index in [0.29, 0.717) is 5.56 Å². The molecule has 0 amide bonds. The molecule has 2 N–H and O–H groups in total. The SMILES string of the molecule is Cc1ccc(C)c(C=CC(=O)O)c1O. The van der Waals surface area contributed by atoms with Crippen LogP contribution in [0, 0.1) is 13.8 Å². The minimum atomic E-state index is -1.02. The average molecular weight is 192 g/mol. The molecule has 0 radical (unpaired) electrons. The predicted molar refractivity (Wildman–Crippen MR) is 54.3 cm³/mol. The third-order valence-electron chi connectivity index (χ3n) is 2.03. The highest BCUT2D eigenvalue weighted by Crippen LogP contribution is 2.26. The van der Waals surface area contributed by atoms with Crippen molar-refractivity contribution in [2.24, 2.45) is 0 Å². The zero-order valence-electron chi connectivity index (χ0n) is 8.11. The van der Waals surface area contributed by atoms with Gasteiger partial charge in [-0.05, 0) is 31.1 Å². The summed E-state index contributed by atoms with van der Waals surface area (Å²) in [5, 5.41) is 18.1. The van der Waals surface area contributed by atoms with Crippen molar-refractivity contribution in [2.75, 3.05) is 0 Å². The van der Waals surface area contributed by atoms with Gasteiger partial charge < -0.3 is 10.2 Å². The van der Waals surface area contributed by atoms with Gasteiger partial charge in [0, 0.05) is 11.6 Å². The highest BCUT2D eigenvalue weighted by molar-refractivity contribution is 5.86. The van der Waals surface area contributed by atoms with E-state index in [1.165, 1.54) is 6.08 Å². The summed E-state index contributed by atoms with van der Waals surface area (Å²) in [6.07, 6.45) is 2.42. The van der Waals surface area contributed by atoms with Gasteiger partial charge >= 0.3 is 5.97 Å². The fourth-order valence-corrected chi connectivity index (χ4v) is 1.18. The molecule has 0 saturated heterocycles. The van der Waals surface area contributed by atoms with E-state index in [-0.39, 0.29) is 5.75 Å². The van der Waals surface area contributed by atoms with Crippen LogP contribution in [0.1, 0.15) is 16.7 Å². The molecule has 1 aromatic rings. The highest BCUT2D eigenvalue weighted by atomic mass is 16.4. The molecular formula is C11H12O3. The lowest BCUT2D eigenvalue weighted by atomic mass is 10.0. The Morgan fingerprint density at radius 3 is 2.43 bits per heavy atom. The zero-order valence-corrected chi connectivity index (χ0v) is 8.11. The Morgan fingerprint density at radius 2 is 1.86 bits per heavy atom. The molecule has 0 unspecified atom stereocenters. The third kappa shape index (κ3) is 2.13. The highest BCUT2D eigenvalue weighted by Gasteiger charge is 2.04. The van der Waals surface area contributed by atoms with Gasteiger partial charge in [0.15, 0.2) is 0 Å². The van der Waals surface area contributed by atoms with Crippen LogP contribution in [0.5, 0.6) is 5.75 Å². The summed E-state index contributed by atoms with van der Waals surface area (Å²) in [4.78, 5) is 10.3. The lowest BCUT2D eigenvalue weighted by molar-refractivity contribution is -0.131. The summed E-state index contributed by atoms with van der Waals surface area (Å²) in [5.41, 5.74) is 2.15. The summed E-state index contributed by atoms with van der Waals surface area (Å²) >= 11 is 0. The fourth-order valence-electron chi connectivity index (χ4n) is 1.18. The standard InChI is InChI=1S/C11H12O3/c1-7-3-4-8(2)11(14)9(7)5-6-10(12)13/h3-6,14H,1-2H3,(H,12,13). The Morgan fingerprint density at radius 1 is 1.29 bits per heavy atom. The number of phenols is 1. The zero-order chi connectivity index (χ0) is 10.7. The van der Waals surface area contributed by atoms with Crippen molar-refractivity contribution in [2.45, 2.75) is 13.8 Å². The van der Waals surface area contributed by atoms with E-state index in [2.05, 4.69) is 0 Å². The van der Waals surface area contributed by atoms with Gasteiger partial charge in [0.1, 0.15) is 5.75 Å². The summed E-state index contributed by atoms with van der Waals surface area (Å²) in [5.74, 6) is -0.882. The van der Waals surface area contributed by atoms with Gasteiger partial charge in [0.05, 0.1) is 0 Å². The molecule has 0 aromatic heterocycles. The van der Waals surface area contributed by atoms with E-state index in [0.717, 1.165) is 17.2 Å². The number of carbonyl (C=O) groups is 1. The first-order chi connectivity index (χ1) is 6.52. The molecule has 0 spiro atoms. The van der Waals surface area contributed by atoms with Crippen LogP contribution in [0.4, 0.5) is 0 Å². The first-order valence-corrected chi connectivity index (χ1v) is 4.22. The molecule has 3 heteroatoms. The lowest BCUT2D eigenvalue weighted by Gasteiger charge is -2.05. The third-order valence-corrected chi connectivity index (χ3v) is 2.03. The number of carboxylic acid groups (broad SMARTS) is 1. The molecule has 14 heavy (non-hydrogen) atoms. The smallest absolute Gasteiger partial charge is 0.328 e. The van der Waals surface area contributed by atoms with Gasteiger partial charge in [0.2, 0.25) is 0 Å². The number of rotatable bonds is 2. The maximum absolute atomic E-state index is 10.3. The quantitative estimate of drug-likeness (QED) is 0.705. The van der Waals surface area contributed by atoms with Crippen LogP contribution < -0.4 is 0 Å². The number of aliphatic carboxylic acids is 1. The Kier molecular flexibility index (Phi) is 2.92. The van der Waals surface area contributed by atoms with Crippen molar-refractivity contribution in [3.63, 3.8) is 0 Å². The lowest BCUT2D eigenvalue weighted by Crippen LogP contribution is -1.89. The van der Waals surface area contributed by atoms with Crippen molar-refractivity contribution >= 4 is 12.0 Å². The molecule has 0 fully saturated rings. The summed E-state index contributed by atoms with van der Waals surface area (Å²) in [7, 11) is 0. The Labute approximate surface area is 82.3 Å². The van der Waals surface area contributed by atoms with Crippen molar-refractivity contribution in [3.05, 3.63) is 34.9 Å². The van der Waals surface area contributed by atoms with Crippen LogP contribution in [0.25, 0.3) is 6.08 Å². The second-order valence-corrected chi connectivity index (χ2v) is 3.13. The van der Waals surface area contributed by atoms with Gasteiger partial charge in [-0.15, -0.1) is 0 Å². The number of aryl methyl sites for hydroxylation is 2. The van der Waals surface area contributed by atoms with Gasteiger partial charge in [-0.25, -0.2) is 4.79 Å². The number of phenolic OH excluding ortho intramolecular Hbond substituents is 1. The van der Waals surface area contributed by atoms with E-state index in [9.17, 15) is 9.90 Å². The van der Waals surface area contributed by atoms with Crippen molar-refractivity contribution in [1.82, 2.24) is 0 Å². The Balaban J connectivity index is 3.19. The van der Waals surface area contributed by atoms with E-state index in [1.807, 2.05) is 13.0 Å². The van der Waals surface area contributed by atoms with E-state index < -0.39 is 5.97 Å². The molecule has 1 aromatic carbocycles. The van der Waals surface area contributed by atoms with Crippen molar-refractivity contribution in [1.29, 1.82) is 0 Å². The molecular weight excluding hydrogens is 180 g/mol. The monoisotopic (exact) mass is 192 g/mol. The summed E-state index contributed by atoms with van der Waals surface area (Å²) in [6, 6.07) is 3.64. The second kappa shape index (κ2) is 3.96. The largest absolute Gasteiger partial charge is 0.507 e. The molecule has 0 aliphatic carbocycles. The molecule has 3 nitrogen and oxygen atoms in total. The molecule has 0 aliphatic rings. The molecule has 0 aliphatic heterocycles. The second-order valence-electron chi connectivity index (χ2n) is 3.13. The normalized spacial score (nSPS) is 10.7. The maximum Gasteiger partial charge on any atom is 0.328 e. The minimum Gasteiger partial charge on any atom is -0.507 e. The van der Waals surface area contributed by atoms with Crippen molar-refractivity contribution in [3.8, 4) is 5.75 Å².